The Kier molecular flexibility index (Phi) is 6.49. The van der Waals surface area contributed by atoms with Gasteiger partial charge in [0.05, 0.1) is 5.69 Å². The Morgan fingerprint density at radius 3 is 2.61 bits per heavy atom. The Bertz CT molecular complexity index is 1100. The second kappa shape index (κ2) is 9.45. The number of fused-ring (bicyclic) bond motifs is 1. The Hall–Kier alpha value is -2.96. The minimum Gasteiger partial charge on any atom is -0.348 e. The lowest BCUT2D eigenvalue weighted by Crippen LogP contribution is -2.41. The van der Waals surface area contributed by atoms with Crippen LogP contribution in [0.4, 0.5) is 16.2 Å². The Morgan fingerprint density at radius 2 is 1.84 bits per heavy atom. The Balaban J connectivity index is 1.38. The first-order valence-electron chi connectivity index (χ1n) is 9.96. The molecule has 0 fully saturated rings. The van der Waals surface area contributed by atoms with Gasteiger partial charge < -0.3 is 10.6 Å². The monoisotopic (exact) mass is 451 g/mol. The molecule has 3 aromatic rings. The van der Waals surface area contributed by atoms with Gasteiger partial charge in [-0.15, -0.1) is 11.8 Å². The van der Waals surface area contributed by atoms with Gasteiger partial charge in [0, 0.05) is 39.5 Å². The lowest BCUT2D eigenvalue weighted by Gasteiger charge is -2.32. The predicted octanol–water partition coefficient (Wildman–Crippen LogP) is 5.80. The van der Waals surface area contributed by atoms with Crippen molar-refractivity contribution in [3.63, 3.8) is 0 Å². The van der Waals surface area contributed by atoms with E-state index in [4.69, 9.17) is 11.6 Å². The van der Waals surface area contributed by atoms with Gasteiger partial charge in [0.2, 0.25) is 0 Å². The fourth-order valence-electron chi connectivity index (χ4n) is 3.41. The smallest absolute Gasteiger partial charge is 0.326 e. The summed E-state index contributed by atoms with van der Waals surface area (Å²) < 4.78 is 0. The van der Waals surface area contributed by atoms with Gasteiger partial charge in [-0.05, 0) is 54.1 Å². The SMILES string of the molecule is CC1CN(C(=O)Nc2ccc(C(=O)NCc3cccc(Cl)c3)cc2)c2ccccc2S1. The second-order valence-corrected chi connectivity index (χ2v) is 9.24. The number of thioether (sulfide) groups is 1. The molecule has 0 aliphatic carbocycles. The summed E-state index contributed by atoms with van der Waals surface area (Å²) in [4.78, 5) is 28.2. The summed E-state index contributed by atoms with van der Waals surface area (Å²) in [7, 11) is 0. The summed E-state index contributed by atoms with van der Waals surface area (Å²) in [6.45, 7) is 3.14. The topological polar surface area (TPSA) is 61.4 Å². The first-order valence-corrected chi connectivity index (χ1v) is 11.2. The van der Waals surface area contributed by atoms with E-state index in [9.17, 15) is 9.59 Å². The molecule has 0 spiro atoms. The van der Waals surface area contributed by atoms with Crippen LogP contribution in [0.1, 0.15) is 22.8 Å². The zero-order chi connectivity index (χ0) is 21.8. The summed E-state index contributed by atoms with van der Waals surface area (Å²) in [6, 6.07) is 22.0. The average molecular weight is 452 g/mol. The zero-order valence-electron chi connectivity index (χ0n) is 17.0. The highest BCUT2D eigenvalue weighted by atomic mass is 35.5. The zero-order valence-corrected chi connectivity index (χ0v) is 18.5. The van der Waals surface area contributed by atoms with E-state index in [1.807, 2.05) is 42.5 Å². The number of halogens is 1. The standard InChI is InChI=1S/C24H22ClN3O2S/c1-16-15-28(21-7-2-3-8-22(21)31-16)24(30)27-20-11-9-18(10-12-20)23(29)26-14-17-5-4-6-19(25)13-17/h2-13,16H,14-15H2,1H3,(H,26,29)(H,27,30). The number of carbonyl (C=O) groups is 2. The van der Waals surface area contributed by atoms with Crippen molar-refractivity contribution in [1.29, 1.82) is 0 Å². The van der Waals surface area contributed by atoms with Crippen molar-refractivity contribution in [3.05, 3.63) is 88.9 Å². The number of nitrogens with zero attached hydrogens (tertiary/aromatic N) is 1. The lowest BCUT2D eigenvalue weighted by molar-refractivity contribution is 0.0951. The normalized spacial score (nSPS) is 15.2. The molecule has 158 valence electrons. The van der Waals surface area contributed by atoms with Gasteiger partial charge in [0.25, 0.3) is 5.91 Å². The molecule has 0 bridgehead atoms. The molecule has 1 aliphatic rings. The van der Waals surface area contributed by atoms with Crippen molar-refractivity contribution in [2.45, 2.75) is 23.6 Å². The number of hydrogen-bond donors (Lipinski definition) is 2. The minimum absolute atomic E-state index is 0.183. The van der Waals surface area contributed by atoms with E-state index < -0.39 is 0 Å². The van der Waals surface area contributed by atoms with Crippen LogP contribution in [0.5, 0.6) is 0 Å². The number of para-hydroxylation sites is 1. The molecule has 3 aromatic carbocycles. The maximum atomic E-state index is 12.9. The van der Waals surface area contributed by atoms with Gasteiger partial charge in [-0.1, -0.05) is 42.8 Å². The van der Waals surface area contributed by atoms with E-state index in [2.05, 4.69) is 17.6 Å². The molecule has 0 radical (unpaired) electrons. The number of anilines is 2. The van der Waals surface area contributed by atoms with Crippen LogP contribution in [-0.4, -0.2) is 23.7 Å². The minimum atomic E-state index is -0.186. The summed E-state index contributed by atoms with van der Waals surface area (Å²) >= 11 is 7.75. The van der Waals surface area contributed by atoms with Gasteiger partial charge in [-0.2, -0.15) is 0 Å². The molecule has 7 heteroatoms. The van der Waals surface area contributed by atoms with E-state index in [1.54, 1.807) is 47.0 Å². The molecule has 2 N–H and O–H groups in total. The maximum Gasteiger partial charge on any atom is 0.326 e. The highest BCUT2D eigenvalue weighted by molar-refractivity contribution is 8.00. The summed E-state index contributed by atoms with van der Waals surface area (Å²) in [5.74, 6) is -0.186. The van der Waals surface area contributed by atoms with Crippen LogP contribution in [0, 0.1) is 0 Å². The summed E-state index contributed by atoms with van der Waals surface area (Å²) in [5.41, 5.74) is 3.01. The first-order chi connectivity index (χ1) is 15.0. The van der Waals surface area contributed by atoms with E-state index in [0.717, 1.165) is 16.1 Å². The lowest BCUT2D eigenvalue weighted by atomic mass is 10.1. The van der Waals surface area contributed by atoms with Gasteiger partial charge >= 0.3 is 6.03 Å². The van der Waals surface area contributed by atoms with Crippen LogP contribution in [0.15, 0.2) is 77.7 Å². The molecule has 0 saturated heterocycles. The van der Waals surface area contributed by atoms with Crippen molar-refractivity contribution >= 4 is 46.7 Å². The van der Waals surface area contributed by atoms with Crippen LogP contribution in [0.25, 0.3) is 0 Å². The van der Waals surface area contributed by atoms with E-state index in [1.165, 1.54) is 0 Å². The van der Waals surface area contributed by atoms with Crippen LogP contribution in [-0.2, 0) is 6.54 Å². The molecule has 3 amide bonds. The third-order valence-electron chi connectivity index (χ3n) is 4.91. The van der Waals surface area contributed by atoms with Crippen LogP contribution in [0.2, 0.25) is 5.02 Å². The molecule has 1 atom stereocenters. The third kappa shape index (κ3) is 5.21. The number of amides is 3. The molecule has 31 heavy (non-hydrogen) atoms. The van der Waals surface area contributed by atoms with E-state index in [0.29, 0.717) is 34.6 Å². The fourth-order valence-corrected chi connectivity index (χ4v) is 4.73. The molecule has 0 saturated carbocycles. The second-order valence-electron chi connectivity index (χ2n) is 7.33. The quantitative estimate of drug-likeness (QED) is 0.526. The molecule has 4 rings (SSSR count). The molecule has 0 aromatic heterocycles. The van der Waals surface area contributed by atoms with Crippen LogP contribution >= 0.6 is 23.4 Å². The molecule has 1 aliphatic heterocycles. The highest BCUT2D eigenvalue weighted by Gasteiger charge is 2.26. The number of benzene rings is 3. The Morgan fingerprint density at radius 1 is 1.06 bits per heavy atom. The van der Waals surface area contributed by atoms with E-state index in [-0.39, 0.29) is 11.9 Å². The van der Waals surface area contributed by atoms with Crippen LogP contribution < -0.4 is 15.5 Å². The third-order valence-corrected chi connectivity index (χ3v) is 6.30. The summed E-state index contributed by atoms with van der Waals surface area (Å²) in [5, 5.41) is 6.76. The number of hydrogen-bond acceptors (Lipinski definition) is 3. The van der Waals surface area contributed by atoms with Crippen molar-refractivity contribution in [2.24, 2.45) is 0 Å². The van der Waals surface area contributed by atoms with Gasteiger partial charge in [0.15, 0.2) is 0 Å². The van der Waals surface area contributed by atoms with Crippen molar-refractivity contribution in [1.82, 2.24) is 5.32 Å². The fraction of sp³-hybridized carbons (Fsp3) is 0.167. The number of carbonyl (C=O) groups excluding carboxylic acids is 2. The number of rotatable bonds is 4. The van der Waals surface area contributed by atoms with Crippen LogP contribution in [0.3, 0.4) is 0 Å². The average Bonchev–Trinajstić information content (AvgIpc) is 2.77. The van der Waals surface area contributed by atoms with Crippen molar-refractivity contribution in [3.8, 4) is 0 Å². The van der Waals surface area contributed by atoms with Crippen molar-refractivity contribution in [2.75, 3.05) is 16.8 Å². The predicted molar refractivity (Wildman–Crippen MR) is 127 cm³/mol. The largest absolute Gasteiger partial charge is 0.348 e. The molecule has 1 heterocycles. The molecule has 1 unspecified atom stereocenters. The molecular weight excluding hydrogens is 430 g/mol. The maximum absolute atomic E-state index is 12.9. The number of nitrogens with one attached hydrogen (secondary N) is 2. The van der Waals surface area contributed by atoms with Gasteiger partial charge in [-0.25, -0.2) is 4.79 Å². The van der Waals surface area contributed by atoms with Gasteiger partial charge in [0.1, 0.15) is 0 Å². The first kappa shape index (κ1) is 21.3. The highest BCUT2D eigenvalue weighted by Crippen LogP contribution is 2.38. The Labute approximate surface area is 190 Å². The number of urea groups is 1. The summed E-state index contributed by atoms with van der Waals surface area (Å²) in [6.07, 6.45) is 0. The molecule has 5 nitrogen and oxygen atoms in total. The molecular formula is C24H22ClN3O2S. The van der Waals surface area contributed by atoms with Gasteiger partial charge in [-0.3, -0.25) is 9.69 Å². The van der Waals surface area contributed by atoms with E-state index >= 15 is 0 Å². The van der Waals surface area contributed by atoms with Crippen molar-refractivity contribution < 1.29 is 9.59 Å².